The van der Waals surface area contributed by atoms with E-state index in [-0.39, 0.29) is 5.91 Å². The molecule has 0 unspecified atom stereocenters. The van der Waals surface area contributed by atoms with Crippen LogP contribution in [-0.4, -0.2) is 27.1 Å². The summed E-state index contributed by atoms with van der Waals surface area (Å²) in [6.07, 6.45) is -0.733. The van der Waals surface area contributed by atoms with Gasteiger partial charge in [-0.3, -0.25) is 4.79 Å². The van der Waals surface area contributed by atoms with Crippen molar-refractivity contribution >= 4 is 28.1 Å². The van der Waals surface area contributed by atoms with E-state index >= 15 is 0 Å². The molecule has 1 amide bonds. The molecule has 2 heterocycles. The average molecular weight is 343 g/mol. The van der Waals surface area contributed by atoms with Crippen molar-refractivity contribution in [2.45, 2.75) is 39.8 Å². The Morgan fingerprint density at radius 3 is 2.71 bits per heavy atom. The number of aliphatic hydroxyl groups is 1. The molecule has 0 fully saturated rings. The molecule has 0 spiro atoms. The van der Waals surface area contributed by atoms with Crippen molar-refractivity contribution in [2.24, 2.45) is 0 Å². The fourth-order valence-corrected chi connectivity index (χ4v) is 3.41. The zero-order chi connectivity index (χ0) is 17.4. The number of thiazole rings is 1. The predicted molar refractivity (Wildman–Crippen MR) is 96.5 cm³/mol. The number of nitrogens with zero attached hydrogens (tertiary/aromatic N) is 1. The second-order valence-corrected chi connectivity index (χ2v) is 7.20. The number of nitrogens with one attached hydrogen (secondary N) is 2. The number of H-pyrrole nitrogens is 1. The van der Waals surface area contributed by atoms with Crippen molar-refractivity contribution in [1.82, 2.24) is 15.3 Å². The van der Waals surface area contributed by atoms with Crippen LogP contribution in [0.25, 0.3) is 10.9 Å². The highest BCUT2D eigenvalue weighted by Crippen LogP contribution is 2.24. The highest BCUT2D eigenvalue weighted by atomic mass is 32.1. The Balaban J connectivity index is 1.89. The van der Waals surface area contributed by atoms with Gasteiger partial charge in [0.1, 0.15) is 5.69 Å². The topological polar surface area (TPSA) is 78.0 Å². The first-order chi connectivity index (χ1) is 11.4. The summed E-state index contributed by atoms with van der Waals surface area (Å²) in [4.78, 5) is 20.2. The molecule has 3 N–H and O–H groups in total. The highest BCUT2D eigenvalue weighted by Gasteiger charge is 2.23. The Morgan fingerprint density at radius 1 is 1.33 bits per heavy atom. The quantitative estimate of drug-likeness (QED) is 0.679. The van der Waals surface area contributed by atoms with Crippen LogP contribution in [0.5, 0.6) is 0 Å². The van der Waals surface area contributed by atoms with Crippen LogP contribution in [0.2, 0.25) is 0 Å². The SMILES string of the molecule is Cc1nc([C@H](NC(=O)c2cc3c(C)c(C)ccc3[nH]2)[C@@H](C)O)cs1. The number of carbonyl (C=O) groups is 1. The van der Waals surface area contributed by atoms with Gasteiger partial charge in [-0.25, -0.2) is 4.98 Å². The van der Waals surface area contributed by atoms with Gasteiger partial charge >= 0.3 is 0 Å². The van der Waals surface area contributed by atoms with Crippen LogP contribution >= 0.6 is 11.3 Å². The van der Waals surface area contributed by atoms with Gasteiger partial charge in [0.25, 0.3) is 5.91 Å². The Labute approximate surface area is 144 Å². The Hall–Kier alpha value is -2.18. The number of rotatable bonds is 4. The molecular weight excluding hydrogens is 322 g/mol. The fourth-order valence-electron chi connectivity index (χ4n) is 2.76. The summed E-state index contributed by atoms with van der Waals surface area (Å²) in [6, 6.07) is 5.34. The van der Waals surface area contributed by atoms with Gasteiger partial charge in [0.05, 0.1) is 22.8 Å². The smallest absolute Gasteiger partial charge is 0.268 e. The van der Waals surface area contributed by atoms with Crippen LogP contribution in [0.4, 0.5) is 0 Å². The minimum Gasteiger partial charge on any atom is -0.391 e. The van der Waals surface area contributed by atoms with E-state index in [1.165, 1.54) is 16.9 Å². The number of aromatic amines is 1. The number of aromatic nitrogens is 2. The normalized spacial score (nSPS) is 13.9. The lowest BCUT2D eigenvalue weighted by Crippen LogP contribution is -2.35. The van der Waals surface area contributed by atoms with Gasteiger partial charge < -0.3 is 15.4 Å². The van der Waals surface area contributed by atoms with Gasteiger partial charge in [0, 0.05) is 16.3 Å². The summed E-state index contributed by atoms with van der Waals surface area (Å²) in [5.41, 5.74) is 4.44. The third-order valence-electron chi connectivity index (χ3n) is 4.31. The number of carbonyl (C=O) groups excluding carboxylic acids is 1. The molecule has 1 aromatic carbocycles. The summed E-state index contributed by atoms with van der Waals surface area (Å²) in [7, 11) is 0. The van der Waals surface area contributed by atoms with Gasteiger partial charge in [-0.1, -0.05) is 6.07 Å². The number of aliphatic hydroxyl groups excluding tert-OH is 1. The van der Waals surface area contributed by atoms with Crippen molar-refractivity contribution in [3.8, 4) is 0 Å². The minimum absolute atomic E-state index is 0.250. The molecule has 0 aliphatic carbocycles. The van der Waals surface area contributed by atoms with Gasteiger partial charge in [-0.15, -0.1) is 11.3 Å². The second-order valence-electron chi connectivity index (χ2n) is 6.13. The molecule has 0 saturated heterocycles. The molecular formula is C18H21N3O2S. The molecule has 2 aromatic heterocycles. The van der Waals surface area contributed by atoms with Crippen LogP contribution in [-0.2, 0) is 0 Å². The van der Waals surface area contributed by atoms with Crippen LogP contribution in [0, 0.1) is 20.8 Å². The van der Waals surface area contributed by atoms with Gasteiger partial charge in [-0.05, 0) is 51.0 Å². The van der Waals surface area contributed by atoms with Crippen molar-refractivity contribution in [3.63, 3.8) is 0 Å². The summed E-state index contributed by atoms with van der Waals surface area (Å²) >= 11 is 1.50. The Bertz CT molecular complexity index is 895. The minimum atomic E-state index is -0.733. The van der Waals surface area contributed by atoms with Crippen molar-refractivity contribution in [1.29, 1.82) is 0 Å². The molecule has 0 saturated carbocycles. The zero-order valence-corrected chi connectivity index (χ0v) is 15.0. The standard InChI is InChI=1S/C18H21N3O2S/c1-9-5-6-14-13(10(9)2)7-15(20-14)18(23)21-17(11(3)22)16-8-24-12(4)19-16/h5-8,11,17,20,22H,1-4H3,(H,21,23)/t11-,17-/m1/s1. The zero-order valence-electron chi connectivity index (χ0n) is 14.2. The first-order valence-corrected chi connectivity index (χ1v) is 8.74. The number of amides is 1. The first-order valence-electron chi connectivity index (χ1n) is 7.86. The molecule has 3 aromatic rings. The van der Waals surface area contributed by atoms with Crippen LogP contribution in [0.3, 0.4) is 0 Å². The third kappa shape index (κ3) is 3.07. The molecule has 0 aliphatic heterocycles. The maximum absolute atomic E-state index is 12.6. The Morgan fingerprint density at radius 2 is 2.08 bits per heavy atom. The van der Waals surface area contributed by atoms with E-state index in [0.29, 0.717) is 11.4 Å². The number of hydrogen-bond acceptors (Lipinski definition) is 4. The number of benzene rings is 1. The number of fused-ring (bicyclic) bond motifs is 1. The van der Waals surface area contributed by atoms with E-state index in [1.54, 1.807) is 6.92 Å². The van der Waals surface area contributed by atoms with E-state index in [1.807, 2.05) is 37.4 Å². The lowest BCUT2D eigenvalue weighted by Gasteiger charge is -2.19. The van der Waals surface area contributed by atoms with E-state index in [4.69, 9.17) is 0 Å². The summed E-state index contributed by atoms with van der Waals surface area (Å²) in [6.45, 7) is 7.65. The molecule has 0 bridgehead atoms. The second kappa shape index (κ2) is 6.37. The molecule has 6 heteroatoms. The fraction of sp³-hybridized carbons (Fsp3) is 0.333. The lowest BCUT2D eigenvalue weighted by molar-refractivity contribution is 0.0851. The largest absolute Gasteiger partial charge is 0.391 e. The lowest BCUT2D eigenvalue weighted by atomic mass is 10.1. The molecule has 126 valence electrons. The maximum Gasteiger partial charge on any atom is 0.268 e. The van der Waals surface area contributed by atoms with Crippen LogP contribution in [0.15, 0.2) is 23.6 Å². The van der Waals surface area contributed by atoms with Crippen molar-refractivity contribution < 1.29 is 9.90 Å². The van der Waals surface area contributed by atoms with Gasteiger partial charge in [0.2, 0.25) is 0 Å². The highest BCUT2D eigenvalue weighted by molar-refractivity contribution is 7.09. The van der Waals surface area contributed by atoms with Crippen molar-refractivity contribution in [2.75, 3.05) is 0 Å². The first kappa shape index (κ1) is 16.7. The monoisotopic (exact) mass is 343 g/mol. The number of hydrogen-bond donors (Lipinski definition) is 3. The average Bonchev–Trinajstić information content (AvgIpc) is 3.15. The molecule has 5 nitrogen and oxygen atoms in total. The van der Waals surface area contributed by atoms with Gasteiger partial charge in [0.15, 0.2) is 0 Å². The molecule has 0 radical (unpaired) electrons. The third-order valence-corrected chi connectivity index (χ3v) is 5.10. The van der Waals surface area contributed by atoms with Crippen LogP contribution in [0.1, 0.15) is 45.3 Å². The predicted octanol–water partition coefficient (Wildman–Crippen LogP) is 3.40. The van der Waals surface area contributed by atoms with E-state index in [9.17, 15) is 9.90 Å². The molecule has 3 rings (SSSR count). The number of aryl methyl sites for hydroxylation is 3. The van der Waals surface area contributed by atoms with E-state index < -0.39 is 12.1 Å². The summed E-state index contributed by atoms with van der Waals surface area (Å²) < 4.78 is 0. The Kier molecular flexibility index (Phi) is 4.43. The summed E-state index contributed by atoms with van der Waals surface area (Å²) in [5.74, 6) is -0.250. The maximum atomic E-state index is 12.6. The molecule has 0 aliphatic rings. The van der Waals surface area contributed by atoms with E-state index in [0.717, 1.165) is 21.5 Å². The van der Waals surface area contributed by atoms with E-state index in [2.05, 4.69) is 22.2 Å². The summed E-state index contributed by atoms with van der Waals surface area (Å²) in [5, 5.41) is 16.7. The molecule has 2 atom stereocenters. The molecule has 24 heavy (non-hydrogen) atoms. The van der Waals surface area contributed by atoms with Gasteiger partial charge in [-0.2, -0.15) is 0 Å². The van der Waals surface area contributed by atoms with Crippen molar-refractivity contribution in [3.05, 3.63) is 51.1 Å². The van der Waals surface area contributed by atoms with Crippen LogP contribution < -0.4 is 5.32 Å².